The van der Waals surface area contributed by atoms with Crippen LogP contribution in [0.25, 0.3) is 10.8 Å². The number of rotatable bonds is 9. The minimum Gasteiger partial charge on any atom is -0.496 e. The second-order valence-electron chi connectivity index (χ2n) is 10.2. The van der Waals surface area contributed by atoms with Crippen molar-refractivity contribution in [1.82, 2.24) is 5.16 Å². The van der Waals surface area contributed by atoms with Crippen LogP contribution < -0.4 is 15.7 Å². The third-order valence-corrected chi connectivity index (χ3v) is 7.11. The quantitative estimate of drug-likeness (QED) is 0.280. The van der Waals surface area contributed by atoms with Gasteiger partial charge in [0.2, 0.25) is 0 Å². The maximum absolute atomic E-state index is 13.8. The molecule has 1 aromatic heterocycles. The highest BCUT2D eigenvalue weighted by Crippen LogP contribution is 2.40. The third-order valence-electron chi connectivity index (χ3n) is 6.87. The van der Waals surface area contributed by atoms with Gasteiger partial charge < -0.3 is 19.7 Å². The van der Waals surface area contributed by atoms with Gasteiger partial charge in [0.05, 0.1) is 18.2 Å². The van der Waals surface area contributed by atoms with Crippen LogP contribution in [0.4, 0.5) is 5.69 Å². The van der Waals surface area contributed by atoms with Crippen LogP contribution in [0, 0.1) is 6.92 Å². The van der Waals surface area contributed by atoms with Gasteiger partial charge in [-0.1, -0.05) is 60.9 Å². The maximum Gasteiger partial charge on any atom is 0.366 e. The number of aryl methyl sites for hydroxylation is 2. The molecule has 0 spiro atoms. The Morgan fingerprint density at radius 3 is 2.53 bits per heavy atom. The average molecular weight is 535 g/mol. The fourth-order valence-corrected chi connectivity index (χ4v) is 5.04. The number of aromatic nitrogens is 1. The molecule has 0 aliphatic rings. The van der Waals surface area contributed by atoms with E-state index in [1.54, 1.807) is 50.4 Å². The smallest absolute Gasteiger partial charge is 0.366 e. The lowest BCUT2D eigenvalue weighted by atomic mass is 9.73. The largest absolute Gasteiger partial charge is 0.496 e. The Kier molecular flexibility index (Phi) is 7.90. The Balaban J connectivity index is 1.68. The molecule has 4 rings (SSSR count). The fourth-order valence-electron chi connectivity index (χ4n) is 4.87. The second-order valence-corrected chi connectivity index (χ2v) is 10.6. The van der Waals surface area contributed by atoms with Crippen LogP contribution in [-0.2, 0) is 16.6 Å². The van der Waals surface area contributed by atoms with E-state index in [1.165, 1.54) is 0 Å². The van der Waals surface area contributed by atoms with E-state index in [9.17, 15) is 14.7 Å². The molecule has 1 atom stereocenters. The van der Waals surface area contributed by atoms with Crippen molar-refractivity contribution in [3.05, 3.63) is 99.0 Å². The molecule has 0 saturated heterocycles. The summed E-state index contributed by atoms with van der Waals surface area (Å²) in [7, 11) is 1.58. The lowest BCUT2D eigenvalue weighted by Crippen LogP contribution is -2.47. The number of nitrogens with one attached hydrogen (secondary N) is 1. The highest BCUT2D eigenvalue weighted by Gasteiger charge is 2.42. The number of hydrogen-bond donors (Lipinski definition) is 2. The van der Waals surface area contributed by atoms with E-state index in [4.69, 9.17) is 20.9 Å². The molecule has 0 bridgehead atoms. The summed E-state index contributed by atoms with van der Waals surface area (Å²) in [6.45, 7) is 5.62. The van der Waals surface area contributed by atoms with Crippen molar-refractivity contribution in [2.75, 3.05) is 12.4 Å². The number of ether oxygens (including phenoxy) is 1. The number of aliphatic hydroxyl groups is 1. The van der Waals surface area contributed by atoms with Gasteiger partial charge in [-0.3, -0.25) is 4.79 Å². The first-order valence-electron chi connectivity index (χ1n) is 12.3. The second kappa shape index (κ2) is 11.0. The molecule has 1 amide bonds. The Labute approximate surface area is 226 Å². The van der Waals surface area contributed by atoms with Crippen molar-refractivity contribution in [2.24, 2.45) is 0 Å². The molecule has 4 aromatic rings. The molecule has 0 aliphatic carbocycles. The number of carbonyl (C=O) groups excluding carboxylic acids is 1. The van der Waals surface area contributed by atoms with Crippen LogP contribution in [0.3, 0.4) is 0 Å². The van der Waals surface area contributed by atoms with E-state index in [1.807, 2.05) is 44.2 Å². The van der Waals surface area contributed by atoms with E-state index in [-0.39, 0.29) is 12.8 Å². The molecule has 3 aromatic carbocycles. The summed E-state index contributed by atoms with van der Waals surface area (Å²) in [4.78, 5) is 25.8. The van der Waals surface area contributed by atoms with Crippen LogP contribution in [-0.4, -0.2) is 28.9 Å². The predicted molar refractivity (Wildman–Crippen MR) is 149 cm³/mol. The zero-order valence-corrected chi connectivity index (χ0v) is 22.6. The minimum atomic E-state index is -1.75. The van der Waals surface area contributed by atoms with Crippen LogP contribution in [0.15, 0.2) is 76.0 Å². The summed E-state index contributed by atoms with van der Waals surface area (Å²) in [5.74, 6) is 0.0805. The predicted octanol–water partition coefficient (Wildman–Crippen LogP) is 5.83. The van der Waals surface area contributed by atoms with Crippen LogP contribution >= 0.6 is 11.6 Å². The van der Waals surface area contributed by atoms with Gasteiger partial charge in [-0.2, -0.15) is 0 Å². The summed E-state index contributed by atoms with van der Waals surface area (Å²) >= 11 is 6.30. The Morgan fingerprint density at radius 2 is 1.82 bits per heavy atom. The molecule has 0 fully saturated rings. The van der Waals surface area contributed by atoms with Gasteiger partial charge in [-0.25, -0.2) is 4.79 Å². The zero-order valence-electron chi connectivity index (χ0n) is 21.9. The fraction of sp³-hybridized carbons (Fsp3) is 0.300. The molecule has 1 heterocycles. The number of methoxy groups -OCH3 is 1. The van der Waals surface area contributed by atoms with E-state index >= 15 is 0 Å². The van der Waals surface area contributed by atoms with Crippen molar-refractivity contribution in [3.8, 4) is 5.75 Å². The van der Waals surface area contributed by atoms with E-state index in [0.29, 0.717) is 39.3 Å². The Bertz CT molecular complexity index is 1520. The number of anilines is 1. The zero-order chi connectivity index (χ0) is 27.5. The first-order valence-corrected chi connectivity index (χ1v) is 12.7. The van der Waals surface area contributed by atoms with Gasteiger partial charge in [0.1, 0.15) is 11.4 Å². The third kappa shape index (κ3) is 5.90. The van der Waals surface area contributed by atoms with Gasteiger partial charge in [0.15, 0.2) is 0 Å². The molecule has 0 saturated carbocycles. The van der Waals surface area contributed by atoms with Gasteiger partial charge in [0, 0.05) is 21.7 Å². The van der Waals surface area contributed by atoms with Gasteiger partial charge in [-0.15, -0.1) is 0 Å². The molecule has 0 aliphatic heterocycles. The van der Waals surface area contributed by atoms with Gasteiger partial charge in [-0.05, 0) is 73.6 Å². The SMILES string of the molecule is COc1ccc(Cl)cc1C(C)(C)CC(O)(CCc1ccccc1)C(=O)Nc1ccc2c(=O)onc(C)c2c1. The highest BCUT2D eigenvalue weighted by atomic mass is 35.5. The van der Waals surface area contributed by atoms with Crippen molar-refractivity contribution in [3.63, 3.8) is 0 Å². The van der Waals surface area contributed by atoms with Crippen LogP contribution in [0.2, 0.25) is 5.02 Å². The molecule has 1 unspecified atom stereocenters. The standard InChI is InChI=1S/C30H31ClN2O5/c1-19-24-17-22(11-12-23(24)27(34)38-33-19)32-28(35)30(36,15-14-20-8-6-5-7-9-20)18-29(2,3)25-16-21(31)10-13-26(25)37-4/h5-13,16-17,36H,14-15,18H2,1-4H3,(H,32,35). The topological polar surface area (TPSA) is 102 Å². The first kappa shape index (κ1) is 27.4. The van der Waals surface area contributed by atoms with E-state index in [0.717, 1.165) is 11.1 Å². The summed E-state index contributed by atoms with van der Waals surface area (Å²) < 4.78 is 10.4. The highest BCUT2D eigenvalue weighted by molar-refractivity contribution is 6.30. The molecule has 38 heavy (non-hydrogen) atoms. The number of nitrogens with zero attached hydrogens (tertiary/aromatic N) is 1. The first-order chi connectivity index (χ1) is 18.0. The minimum absolute atomic E-state index is 0.104. The van der Waals surface area contributed by atoms with Crippen LogP contribution in [0.5, 0.6) is 5.75 Å². The summed E-state index contributed by atoms with van der Waals surface area (Å²) in [5, 5.41) is 20.1. The normalized spacial score (nSPS) is 13.2. The summed E-state index contributed by atoms with van der Waals surface area (Å²) in [5.41, 5.74) is -0.223. The molecule has 0 radical (unpaired) electrons. The van der Waals surface area contributed by atoms with Gasteiger partial charge in [0.25, 0.3) is 5.91 Å². The van der Waals surface area contributed by atoms with Gasteiger partial charge >= 0.3 is 5.63 Å². The van der Waals surface area contributed by atoms with E-state index < -0.39 is 22.5 Å². The maximum atomic E-state index is 13.8. The Morgan fingerprint density at radius 1 is 1.08 bits per heavy atom. The Hall–Kier alpha value is -3.68. The molecule has 7 nitrogen and oxygen atoms in total. The number of carbonyl (C=O) groups is 1. The lowest BCUT2D eigenvalue weighted by Gasteiger charge is -2.36. The molecule has 198 valence electrons. The van der Waals surface area contributed by atoms with E-state index in [2.05, 4.69) is 10.5 Å². The van der Waals surface area contributed by atoms with Crippen molar-refractivity contribution >= 4 is 34.0 Å². The molecule has 2 N–H and O–H groups in total. The molecule has 8 heteroatoms. The monoisotopic (exact) mass is 534 g/mol. The average Bonchev–Trinajstić information content (AvgIpc) is 2.90. The number of hydrogen-bond acceptors (Lipinski definition) is 6. The molecular formula is C30H31ClN2O5. The van der Waals surface area contributed by atoms with Crippen molar-refractivity contribution in [1.29, 1.82) is 0 Å². The van der Waals surface area contributed by atoms with Crippen molar-refractivity contribution < 1.29 is 19.2 Å². The van der Waals surface area contributed by atoms with Crippen molar-refractivity contribution in [2.45, 2.75) is 51.0 Å². The number of benzene rings is 3. The number of fused-ring (bicyclic) bond motifs is 1. The summed E-state index contributed by atoms with van der Waals surface area (Å²) in [6, 6.07) is 19.9. The van der Waals surface area contributed by atoms with Crippen LogP contribution in [0.1, 0.15) is 43.5 Å². The summed E-state index contributed by atoms with van der Waals surface area (Å²) in [6.07, 6.45) is 0.787. The lowest BCUT2D eigenvalue weighted by molar-refractivity contribution is -0.137. The molecular weight excluding hydrogens is 504 g/mol. The number of amides is 1. The number of halogens is 1.